The Bertz CT molecular complexity index is 802. The summed E-state index contributed by atoms with van der Waals surface area (Å²) in [6.07, 6.45) is 2.23. The zero-order valence-corrected chi connectivity index (χ0v) is 16.9. The quantitative estimate of drug-likeness (QED) is 0.539. The van der Waals surface area contributed by atoms with Crippen LogP contribution in [0.4, 0.5) is 0 Å². The summed E-state index contributed by atoms with van der Waals surface area (Å²) in [6.45, 7) is 4.28. The van der Waals surface area contributed by atoms with Crippen LogP contribution in [0, 0.1) is 0 Å². The first-order valence-corrected chi connectivity index (χ1v) is 10.2. The largest absolute Gasteiger partial charge is 0.380 e. The average Bonchev–Trinajstić information content (AvgIpc) is 2.78. The summed E-state index contributed by atoms with van der Waals surface area (Å²) in [7, 11) is 0. The van der Waals surface area contributed by atoms with Gasteiger partial charge in [0.05, 0.1) is 0 Å². The normalized spacial score (nSPS) is 13.3. The lowest BCUT2D eigenvalue weighted by Gasteiger charge is -2.42. The Hall–Kier alpha value is -2.42. The van der Waals surface area contributed by atoms with E-state index in [0.717, 1.165) is 24.0 Å². The molecule has 0 amide bonds. The molecule has 0 aliphatic rings. The Balaban J connectivity index is 2.14. The zero-order valence-electron chi connectivity index (χ0n) is 16.9. The van der Waals surface area contributed by atoms with Crippen LogP contribution in [0.25, 0.3) is 0 Å². The van der Waals surface area contributed by atoms with Gasteiger partial charge in [-0.15, -0.1) is 0 Å². The smallest absolute Gasteiger partial charge is 0.115 e. The summed E-state index contributed by atoms with van der Waals surface area (Å²) >= 11 is 0. The molecular formula is C26H31NO. The minimum absolute atomic E-state index is 0.0223. The van der Waals surface area contributed by atoms with Gasteiger partial charge in [0.1, 0.15) is 5.60 Å². The van der Waals surface area contributed by atoms with Crippen LogP contribution < -0.4 is 5.73 Å². The third-order valence-electron chi connectivity index (χ3n) is 6.21. The maximum absolute atomic E-state index is 12.1. The summed E-state index contributed by atoms with van der Waals surface area (Å²) in [5, 5.41) is 12.1. The van der Waals surface area contributed by atoms with E-state index in [1.165, 1.54) is 5.56 Å². The molecule has 0 heterocycles. The first-order valence-electron chi connectivity index (χ1n) is 10.2. The molecule has 3 aromatic carbocycles. The molecule has 0 fully saturated rings. The fraction of sp³-hybridized carbons (Fsp3) is 0.308. The molecule has 0 aliphatic carbocycles. The van der Waals surface area contributed by atoms with Crippen molar-refractivity contribution in [2.75, 3.05) is 0 Å². The molecule has 1 atom stereocenters. The number of benzene rings is 3. The molecule has 3 rings (SSSR count). The van der Waals surface area contributed by atoms with E-state index in [1.54, 1.807) is 0 Å². The topological polar surface area (TPSA) is 46.2 Å². The third-order valence-corrected chi connectivity index (χ3v) is 6.21. The van der Waals surface area contributed by atoms with Gasteiger partial charge in [0.15, 0.2) is 0 Å². The molecule has 3 aromatic rings. The number of nitrogens with two attached hydrogens (primary N) is 1. The fourth-order valence-electron chi connectivity index (χ4n) is 4.21. The Morgan fingerprint density at radius 3 is 1.50 bits per heavy atom. The molecular weight excluding hydrogens is 342 g/mol. The molecule has 0 saturated heterocycles. The van der Waals surface area contributed by atoms with Gasteiger partial charge in [-0.05, 0) is 36.0 Å². The van der Waals surface area contributed by atoms with Crippen molar-refractivity contribution in [2.24, 2.45) is 5.73 Å². The van der Waals surface area contributed by atoms with Gasteiger partial charge in [0, 0.05) is 11.5 Å². The van der Waals surface area contributed by atoms with E-state index < -0.39 is 5.60 Å². The van der Waals surface area contributed by atoms with E-state index in [4.69, 9.17) is 5.73 Å². The molecule has 0 spiro atoms. The van der Waals surface area contributed by atoms with Crippen LogP contribution in [0.15, 0.2) is 91.0 Å². The van der Waals surface area contributed by atoms with Gasteiger partial charge in [-0.2, -0.15) is 0 Å². The monoisotopic (exact) mass is 373 g/mol. The Kier molecular flexibility index (Phi) is 6.33. The molecule has 0 radical (unpaired) electrons. The summed E-state index contributed by atoms with van der Waals surface area (Å²) in [4.78, 5) is 0. The van der Waals surface area contributed by atoms with Crippen molar-refractivity contribution < 1.29 is 5.11 Å². The van der Waals surface area contributed by atoms with E-state index in [9.17, 15) is 5.11 Å². The van der Waals surface area contributed by atoms with Gasteiger partial charge in [-0.25, -0.2) is 0 Å². The minimum atomic E-state index is -1.11. The first kappa shape index (κ1) is 20.3. The van der Waals surface area contributed by atoms with Crippen molar-refractivity contribution in [3.63, 3.8) is 0 Å². The van der Waals surface area contributed by atoms with Crippen molar-refractivity contribution in [1.82, 2.24) is 0 Å². The van der Waals surface area contributed by atoms with E-state index in [1.807, 2.05) is 66.7 Å². The molecule has 0 aliphatic heterocycles. The SMILES string of the molecule is CCC(N)(CC)C(CC(O)(c1ccccc1)c1ccccc1)c1ccccc1. The van der Waals surface area contributed by atoms with Crippen LogP contribution in [-0.2, 0) is 5.60 Å². The molecule has 0 aromatic heterocycles. The molecule has 146 valence electrons. The predicted molar refractivity (Wildman–Crippen MR) is 117 cm³/mol. The highest BCUT2D eigenvalue weighted by Crippen LogP contribution is 2.44. The Morgan fingerprint density at radius 1 is 0.714 bits per heavy atom. The van der Waals surface area contributed by atoms with E-state index in [2.05, 4.69) is 38.1 Å². The molecule has 0 bridgehead atoms. The molecule has 2 nitrogen and oxygen atoms in total. The van der Waals surface area contributed by atoms with Gasteiger partial charge in [0.2, 0.25) is 0 Å². The standard InChI is InChI=1S/C26H31NO/c1-3-25(27,4-2)24(21-14-8-5-9-15-21)20-26(28,22-16-10-6-11-17-22)23-18-12-7-13-19-23/h5-19,24,28H,3-4,20,27H2,1-2H3. The lowest BCUT2D eigenvalue weighted by Crippen LogP contribution is -2.47. The molecule has 28 heavy (non-hydrogen) atoms. The van der Waals surface area contributed by atoms with Crippen LogP contribution in [0.5, 0.6) is 0 Å². The van der Waals surface area contributed by atoms with Crippen molar-refractivity contribution in [3.05, 3.63) is 108 Å². The highest BCUT2D eigenvalue weighted by atomic mass is 16.3. The van der Waals surface area contributed by atoms with E-state index in [-0.39, 0.29) is 11.5 Å². The first-order chi connectivity index (χ1) is 13.5. The number of aliphatic hydroxyl groups is 1. The van der Waals surface area contributed by atoms with Crippen LogP contribution >= 0.6 is 0 Å². The summed E-state index contributed by atoms with van der Waals surface area (Å²) in [6, 6.07) is 30.3. The average molecular weight is 374 g/mol. The maximum Gasteiger partial charge on any atom is 0.115 e. The lowest BCUT2D eigenvalue weighted by atomic mass is 9.68. The summed E-state index contributed by atoms with van der Waals surface area (Å²) in [5.74, 6) is 0.0223. The third kappa shape index (κ3) is 4.04. The van der Waals surface area contributed by atoms with Crippen LogP contribution in [0.1, 0.15) is 55.7 Å². The van der Waals surface area contributed by atoms with Gasteiger partial charge >= 0.3 is 0 Å². The van der Waals surface area contributed by atoms with Crippen molar-refractivity contribution in [2.45, 2.75) is 50.2 Å². The maximum atomic E-state index is 12.1. The highest BCUT2D eigenvalue weighted by molar-refractivity contribution is 5.38. The number of rotatable bonds is 8. The van der Waals surface area contributed by atoms with Gasteiger partial charge in [-0.3, -0.25) is 0 Å². The zero-order chi connectivity index (χ0) is 20.0. The second kappa shape index (κ2) is 8.72. The number of hydrogen-bond donors (Lipinski definition) is 2. The predicted octanol–water partition coefficient (Wildman–Crippen LogP) is 5.61. The second-order valence-electron chi connectivity index (χ2n) is 7.70. The van der Waals surface area contributed by atoms with Gasteiger partial charge < -0.3 is 10.8 Å². The summed E-state index contributed by atoms with van der Waals surface area (Å²) in [5.41, 5.74) is 8.40. The van der Waals surface area contributed by atoms with Crippen LogP contribution in [0.3, 0.4) is 0 Å². The Morgan fingerprint density at radius 2 is 1.11 bits per heavy atom. The molecule has 2 heteroatoms. The van der Waals surface area contributed by atoms with E-state index >= 15 is 0 Å². The molecule has 1 unspecified atom stereocenters. The fourth-order valence-corrected chi connectivity index (χ4v) is 4.21. The molecule has 0 saturated carbocycles. The molecule has 3 N–H and O–H groups in total. The Labute approximate surface area is 169 Å². The number of hydrogen-bond acceptors (Lipinski definition) is 2. The van der Waals surface area contributed by atoms with E-state index in [0.29, 0.717) is 6.42 Å². The van der Waals surface area contributed by atoms with Gasteiger partial charge in [0.25, 0.3) is 0 Å². The summed E-state index contributed by atoms with van der Waals surface area (Å²) < 4.78 is 0. The van der Waals surface area contributed by atoms with Gasteiger partial charge in [-0.1, -0.05) is 105 Å². The van der Waals surface area contributed by atoms with Crippen molar-refractivity contribution in [1.29, 1.82) is 0 Å². The van der Waals surface area contributed by atoms with Crippen molar-refractivity contribution in [3.8, 4) is 0 Å². The second-order valence-corrected chi connectivity index (χ2v) is 7.70. The van der Waals surface area contributed by atoms with Crippen LogP contribution in [-0.4, -0.2) is 10.6 Å². The van der Waals surface area contributed by atoms with Crippen molar-refractivity contribution >= 4 is 0 Å². The van der Waals surface area contributed by atoms with Crippen LogP contribution in [0.2, 0.25) is 0 Å². The highest BCUT2D eigenvalue weighted by Gasteiger charge is 2.41. The minimum Gasteiger partial charge on any atom is -0.380 e. The lowest BCUT2D eigenvalue weighted by molar-refractivity contribution is 0.0504.